The molecule has 4 heteroatoms. The molecule has 1 aliphatic rings. The molecule has 96 valence electrons. The lowest BCUT2D eigenvalue weighted by atomic mass is 9.95. The van der Waals surface area contributed by atoms with E-state index in [0.717, 1.165) is 29.8 Å². The maximum absolute atomic E-state index is 5.87. The molecule has 18 heavy (non-hydrogen) atoms. The zero-order valence-corrected chi connectivity index (χ0v) is 10.4. The Kier molecular flexibility index (Phi) is 3.07. The second kappa shape index (κ2) is 4.72. The number of para-hydroxylation sites is 1. The van der Waals surface area contributed by atoms with E-state index in [2.05, 4.69) is 18.4 Å². The predicted molar refractivity (Wildman–Crippen MR) is 69.8 cm³/mol. The quantitative estimate of drug-likeness (QED) is 0.644. The number of hydrazine groups is 1. The molecule has 1 aliphatic heterocycles. The van der Waals surface area contributed by atoms with Crippen LogP contribution in [0.4, 0.5) is 0 Å². The molecule has 0 amide bonds. The van der Waals surface area contributed by atoms with Gasteiger partial charge >= 0.3 is 0 Å². The highest BCUT2D eigenvalue weighted by atomic mass is 16.5. The Morgan fingerprint density at radius 3 is 2.89 bits per heavy atom. The number of hydrogen-bond acceptors (Lipinski definition) is 4. The fourth-order valence-corrected chi connectivity index (χ4v) is 2.69. The topological polar surface area (TPSA) is 60.4 Å². The summed E-state index contributed by atoms with van der Waals surface area (Å²) in [6.07, 6.45) is 1.31. The molecule has 0 spiro atoms. The monoisotopic (exact) mass is 246 g/mol. The third kappa shape index (κ3) is 2.03. The molecule has 1 aromatic heterocycles. The van der Waals surface area contributed by atoms with Crippen molar-refractivity contribution in [2.24, 2.45) is 11.8 Å². The third-order valence-corrected chi connectivity index (χ3v) is 3.63. The van der Waals surface area contributed by atoms with E-state index in [1.165, 1.54) is 0 Å². The molecule has 3 atom stereocenters. The summed E-state index contributed by atoms with van der Waals surface area (Å²) in [4.78, 5) is 0. The van der Waals surface area contributed by atoms with Crippen LogP contribution in [-0.2, 0) is 4.74 Å². The van der Waals surface area contributed by atoms with Crippen molar-refractivity contribution < 1.29 is 9.15 Å². The van der Waals surface area contributed by atoms with Crippen LogP contribution in [0.25, 0.3) is 11.0 Å². The number of fused-ring (bicyclic) bond motifs is 1. The molecule has 2 heterocycles. The summed E-state index contributed by atoms with van der Waals surface area (Å²) in [5, 5.41) is 1.11. The molecule has 3 rings (SSSR count). The van der Waals surface area contributed by atoms with Crippen LogP contribution in [0.2, 0.25) is 0 Å². The molecule has 0 aliphatic carbocycles. The van der Waals surface area contributed by atoms with Crippen molar-refractivity contribution in [1.82, 2.24) is 5.43 Å². The van der Waals surface area contributed by atoms with Crippen molar-refractivity contribution in [1.29, 1.82) is 0 Å². The number of benzene rings is 1. The number of furan rings is 1. The van der Waals surface area contributed by atoms with Gasteiger partial charge in [-0.2, -0.15) is 0 Å². The number of nitrogens with two attached hydrogens (primary N) is 1. The molecule has 1 fully saturated rings. The minimum absolute atomic E-state index is 0.0161. The van der Waals surface area contributed by atoms with Crippen LogP contribution in [0.3, 0.4) is 0 Å². The van der Waals surface area contributed by atoms with E-state index >= 15 is 0 Å². The fourth-order valence-electron chi connectivity index (χ4n) is 2.69. The molecule has 0 radical (unpaired) electrons. The van der Waals surface area contributed by atoms with E-state index < -0.39 is 0 Å². The average Bonchev–Trinajstić information content (AvgIpc) is 2.96. The summed E-state index contributed by atoms with van der Waals surface area (Å²) in [6, 6.07) is 10.1. The van der Waals surface area contributed by atoms with Crippen LogP contribution in [0.15, 0.2) is 34.7 Å². The molecule has 4 nitrogen and oxygen atoms in total. The van der Waals surface area contributed by atoms with Gasteiger partial charge in [0.15, 0.2) is 0 Å². The van der Waals surface area contributed by atoms with Gasteiger partial charge in [-0.1, -0.05) is 18.2 Å². The van der Waals surface area contributed by atoms with Crippen LogP contribution >= 0.6 is 0 Å². The normalized spacial score (nSPS) is 25.7. The maximum Gasteiger partial charge on any atom is 0.134 e. The van der Waals surface area contributed by atoms with Crippen molar-refractivity contribution in [2.75, 3.05) is 6.61 Å². The first-order valence-corrected chi connectivity index (χ1v) is 6.34. The Hall–Kier alpha value is -1.36. The van der Waals surface area contributed by atoms with Gasteiger partial charge in [0.1, 0.15) is 11.3 Å². The Morgan fingerprint density at radius 1 is 1.39 bits per heavy atom. The maximum atomic E-state index is 5.87. The Balaban J connectivity index is 1.91. The first kappa shape index (κ1) is 11.7. The van der Waals surface area contributed by atoms with Gasteiger partial charge in [-0.25, -0.2) is 5.43 Å². The summed E-state index contributed by atoms with van der Waals surface area (Å²) < 4.78 is 11.5. The lowest BCUT2D eigenvalue weighted by molar-refractivity contribution is 0.116. The van der Waals surface area contributed by atoms with Gasteiger partial charge in [0, 0.05) is 11.3 Å². The van der Waals surface area contributed by atoms with E-state index in [9.17, 15) is 0 Å². The van der Waals surface area contributed by atoms with E-state index in [0.29, 0.717) is 12.0 Å². The number of hydrogen-bond donors (Lipinski definition) is 2. The van der Waals surface area contributed by atoms with Gasteiger partial charge in [0.25, 0.3) is 0 Å². The molecule has 2 aromatic rings. The number of nitrogens with one attached hydrogen (secondary N) is 1. The van der Waals surface area contributed by atoms with Crippen LogP contribution in [0.1, 0.15) is 25.1 Å². The minimum atomic E-state index is 0.0161. The van der Waals surface area contributed by atoms with Crippen LogP contribution in [0, 0.1) is 5.92 Å². The lowest BCUT2D eigenvalue weighted by Gasteiger charge is -2.18. The summed E-state index contributed by atoms with van der Waals surface area (Å²) in [5.74, 6) is 6.94. The smallest absolute Gasteiger partial charge is 0.134 e. The average molecular weight is 246 g/mol. The molecule has 0 bridgehead atoms. The lowest BCUT2D eigenvalue weighted by Crippen LogP contribution is -2.33. The predicted octanol–water partition coefficient (Wildman–Crippen LogP) is 2.36. The van der Waals surface area contributed by atoms with Gasteiger partial charge < -0.3 is 9.15 Å². The molecule has 3 N–H and O–H groups in total. The van der Waals surface area contributed by atoms with E-state index in [-0.39, 0.29) is 6.04 Å². The number of ether oxygens (including phenoxy) is 1. The highest BCUT2D eigenvalue weighted by molar-refractivity contribution is 5.77. The van der Waals surface area contributed by atoms with Crippen LogP contribution in [-0.4, -0.2) is 12.7 Å². The van der Waals surface area contributed by atoms with E-state index in [1.807, 2.05) is 24.3 Å². The largest absolute Gasteiger partial charge is 0.459 e. The van der Waals surface area contributed by atoms with Crippen molar-refractivity contribution in [3.8, 4) is 0 Å². The Morgan fingerprint density at radius 2 is 2.22 bits per heavy atom. The first-order chi connectivity index (χ1) is 8.78. The highest BCUT2D eigenvalue weighted by Gasteiger charge is 2.31. The van der Waals surface area contributed by atoms with Crippen molar-refractivity contribution in [3.05, 3.63) is 36.1 Å². The van der Waals surface area contributed by atoms with E-state index in [1.54, 1.807) is 0 Å². The van der Waals surface area contributed by atoms with Crippen LogP contribution in [0.5, 0.6) is 0 Å². The summed E-state index contributed by atoms with van der Waals surface area (Å²) >= 11 is 0. The molecule has 0 saturated carbocycles. The van der Waals surface area contributed by atoms with Crippen LogP contribution < -0.4 is 11.3 Å². The Labute approximate surface area is 106 Å². The van der Waals surface area contributed by atoms with Crippen molar-refractivity contribution >= 4 is 11.0 Å². The molecular weight excluding hydrogens is 228 g/mol. The van der Waals surface area contributed by atoms with Crippen molar-refractivity contribution in [2.45, 2.75) is 25.5 Å². The first-order valence-electron chi connectivity index (χ1n) is 6.34. The third-order valence-electron chi connectivity index (χ3n) is 3.63. The SMILES string of the molecule is CC1CC(C(NN)c2cc3ccccc3o2)CO1. The summed E-state index contributed by atoms with van der Waals surface area (Å²) in [7, 11) is 0. The standard InChI is InChI=1S/C14H18N2O2/c1-9-6-11(8-17-9)14(16-15)13-7-10-4-2-3-5-12(10)18-13/h2-5,7,9,11,14,16H,6,8,15H2,1H3. The Bertz CT molecular complexity index is 504. The molecule has 1 aromatic carbocycles. The van der Waals surface area contributed by atoms with Gasteiger partial charge in [0.2, 0.25) is 0 Å². The zero-order chi connectivity index (χ0) is 12.5. The summed E-state index contributed by atoms with van der Waals surface area (Å²) in [5.41, 5.74) is 3.77. The summed E-state index contributed by atoms with van der Waals surface area (Å²) in [6.45, 7) is 2.82. The minimum Gasteiger partial charge on any atom is -0.459 e. The number of rotatable bonds is 3. The van der Waals surface area contributed by atoms with Crippen molar-refractivity contribution in [3.63, 3.8) is 0 Å². The highest BCUT2D eigenvalue weighted by Crippen LogP contribution is 2.33. The van der Waals surface area contributed by atoms with Gasteiger partial charge in [-0.15, -0.1) is 0 Å². The zero-order valence-electron chi connectivity index (χ0n) is 10.4. The molecule has 3 unspecified atom stereocenters. The fraction of sp³-hybridized carbons (Fsp3) is 0.429. The van der Waals surface area contributed by atoms with Gasteiger partial charge in [-0.3, -0.25) is 5.84 Å². The molecular formula is C14H18N2O2. The van der Waals surface area contributed by atoms with E-state index in [4.69, 9.17) is 15.0 Å². The second-order valence-electron chi connectivity index (χ2n) is 4.97. The second-order valence-corrected chi connectivity index (χ2v) is 4.97. The van der Waals surface area contributed by atoms with Gasteiger partial charge in [0.05, 0.1) is 18.8 Å². The van der Waals surface area contributed by atoms with Gasteiger partial charge in [-0.05, 0) is 25.5 Å². The molecule has 1 saturated heterocycles.